The Labute approximate surface area is 146 Å². The van der Waals surface area contributed by atoms with Gasteiger partial charge in [0.2, 0.25) is 5.95 Å². The SMILES string of the molecule is CC(C)c1cc(C(=O)NC2CCN(c3cnccn3)CC2)nc(N)n1. The molecule has 2 aromatic rings. The van der Waals surface area contributed by atoms with Gasteiger partial charge in [-0.3, -0.25) is 9.78 Å². The van der Waals surface area contributed by atoms with Gasteiger partial charge in [-0.05, 0) is 24.8 Å². The van der Waals surface area contributed by atoms with Crippen LogP contribution in [0.4, 0.5) is 11.8 Å². The molecule has 25 heavy (non-hydrogen) atoms. The zero-order chi connectivity index (χ0) is 17.8. The summed E-state index contributed by atoms with van der Waals surface area (Å²) in [6.45, 7) is 5.66. The fourth-order valence-corrected chi connectivity index (χ4v) is 2.86. The first-order valence-corrected chi connectivity index (χ1v) is 8.49. The molecule has 1 aliphatic heterocycles. The molecular formula is C17H23N7O. The van der Waals surface area contributed by atoms with E-state index in [1.807, 2.05) is 13.8 Å². The highest BCUT2D eigenvalue weighted by Crippen LogP contribution is 2.18. The summed E-state index contributed by atoms with van der Waals surface area (Å²) in [5, 5.41) is 3.05. The molecule has 1 fully saturated rings. The second kappa shape index (κ2) is 7.42. The minimum atomic E-state index is -0.200. The lowest BCUT2D eigenvalue weighted by atomic mass is 10.0. The Hall–Kier alpha value is -2.77. The van der Waals surface area contributed by atoms with Crippen molar-refractivity contribution in [2.45, 2.75) is 38.6 Å². The van der Waals surface area contributed by atoms with Crippen LogP contribution in [0.2, 0.25) is 0 Å². The van der Waals surface area contributed by atoms with Gasteiger partial charge in [0.05, 0.1) is 6.20 Å². The molecule has 1 saturated heterocycles. The van der Waals surface area contributed by atoms with E-state index in [0.717, 1.165) is 37.4 Å². The minimum absolute atomic E-state index is 0.110. The fourth-order valence-electron chi connectivity index (χ4n) is 2.86. The highest BCUT2D eigenvalue weighted by atomic mass is 16.1. The molecule has 3 rings (SSSR count). The summed E-state index contributed by atoms with van der Waals surface area (Å²) in [6.07, 6.45) is 6.81. The third kappa shape index (κ3) is 4.20. The molecule has 0 bridgehead atoms. The largest absolute Gasteiger partial charge is 0.368 e. The summed E-state index contributed by atoms with van der Waals surface area (Å²) in [7, 11) is 0. The standard InChI is InChI=1S/C17H23N7O/c1-11(2)13-9-14(23-17(18)22-13)16(25)21-12-3-7-24(8-4-12)15-10-19-5-6-20-15/h5-6,9-12H,3-4,7-8H2,1-2H3,(H,21,25)(H2,18,22,23). The van der Waals surface area contributed by atoms with Gasteiger partial charge in [0.15, 0.2) is 0 Å². The van der Waals surface area contributed by atoms with Crippen molar-refractivity contribution in [3.8, 4) is 0 Å². The monoisotopic (exact) mass is 341 g/mol. The molecule has 0 spiro atoms. The van der Waals surface area contributed by atoms with Crippen LogP contribution in [-0.2, 0) is 0 Å². The summed E-state index contributed by atoms with van der Waals surface area (Å²) in [6, 6.07) is 1.82. The van der Waals surface area contributed by atoms with Crippen molar-refractivity contribution in [1.29, 1.82) is 0 Å². The molecule has 0 saturated carbocycles. The number of rotatable bonds is 4. The lowest BCUT2D eigenvalue weighted by Gasteiger charge is -2.32. The Morgan fingerprint density at radius 2 is 2.04 bits per heavy atom. The van der Waals surface area contributed by atoms with Crippen LogP contribution in [0.5, 0.6) is 0 Å². The van der Waals surface area contributed by atoms with Crippen molar-refractivity contribution < 1.29 is 4.79 Å². The van der Waals surface area contributed by atoms with E-state index in [0.29, 0.717) is 5.69 Å². The average molecular weight is 341 g/mol. The summed E-state index contributed by atoms with van der Waals surface area (Å²) in [5.74, 6) is 0.993. The fraction of sp³-hybridized carbons (Fsp3) is 0.471. The number of amides is 1. The van der Waals surface area contributed by atoms with E-state index in [4.69, 9.17) is 5.73 Å². The number of piperidine rings is 1. The normalized spacial score (nSPS) is 15.4. The second-order valence-electron chi connectivity index (χ2n) is 6.49. The van der Waals surface area contributed by atoms with Gasteiger partial charge in [0.1, 0.15) is 11.5 Å². The molecule has 3 heterocycles. The number of hydrogen-bond acceptors (Lipinski definition) is 7. The molecule has 132 valence electrons. The summed E-state index contributed by atoms with van der Waals surface area (Å²) in [5.41, 5.74) is 6.83. The van der Waals surface area contributed by atoms with Crippen molar-refractivity contribution >= 4 is 17.7 Å². The number of hydrogen-bond donors (Lipinski definition) is 2. The van der Waals surface area contributed by atoms with Gasteiger partial charge in [-0.1, -0.05) is 13.8 Å². The summed E-state index contributed by atoms with van der Waals surface area (Å²) < 4.78 is 0. The van der Waals surface area contributed by atoms with Gasteiger partial charge >= 0.3 is 0 Å². The average Bonchev–Trinajstić information content (AvgIpc) is 2.62. The van der Waals surface area contributed by atoms with Crippen molar-refractivity contribution in [2.75, 3.05) is 23.7 Å². The Balaban J connectivity index is 1.60. The minimum Gasteiger partial charge on any atom is -0.368 e. The van der Waals surface area contributed by atoms with Gasteiger partial charge in [-0.25, -0.2) is 15.0 Å². The number of nitrogens with zero attached hydrogens (tertiary/aromatic N) is 5. The molecule has 0 atom stereocenters. The quantitative estimate of drug-likeness (QED) is 0.864. The highest BCUT2D eigenvalue weighted by Gasteiger charge is 2.23. The van der Waals surface area contributed by atoms with Crippen LogP contribution in [0.25, 0.3) is 0 Å². The van der Waals surface area contributed by atoms with Crippen LogP contribution in [0, 0.1) is 0 Å². The Morgan fingerprint density at radius 3 is 2.68 bits per heavy atom. The molecule has 1 amide bonds. The zero-order valence-corrected chi connectivity index (χ0v) is 14.5. The number of carbonyl (C=O) groups excluding carboxylic acids is 1. The summed E-state index contributed by atoms with van der Waals surface area (Å²) in [4.78, 5) is 31.3. The zero-order valence-electron chi connectivity index (χ0n) is 14.5. The molecular weight excluding hydrogens is 318 g/mol. The van der Waals surface area contributed by atoms with E-state index in [2.05, 4.69) is 30.2 Å². The molecule has 1 aliphatic rings. The Bertz CT molecular complexity index is 727. The molecule has 0 radical (unpaired) electrons. The van der Waals surface area contributed by atoms with Crippen molar-refractivity contribution in [3.63, 3.8) is 0 Å². The smallest absolute Gasteiger partial charge is 0.270 e. The molecule has 3 N–H and O–H groups in total. The Morgan fingerprint density at radius 1 is 1.28 bits per heavy atom. The van der Waals surface area contributed by atoms with Crippen LogP contribution in [0.1, 0.15) is 48.8 Å². The number of nitrogens with one attached hydrogen (secondary N) is 1. The van der Waals surface area contributed by atoms with Crippen LogP contribution in [0.3, 0.4) is 0 Å². The molecule has 0 unspecified atom stereocenters. The maximum Gasteiger partial charge on any atom is 0.270 e. The van der Waals surface area contributed by atoms with Crippen LogP contribution >= 0.6 is 0 Å². The number of anilines is 2. The predicted molar refractivity (Wildman–Crippen MR) is 95.3 cm³/mol. The summed E-state index contributed by atoms with van der Waals surface area (Å²) >= 11 is 0. The van der Waals surface area contributed by atoms with Gasteiger partial charge in [0.25, 0.3) is 5.91 Å². The lowest BCUT2D eigenvalue weighted by Crippen LogP contribution is -2.45. The lowest BCUT2D eigenvalue weighted by molar-refractivity contribution is 0.0926. The molecule has 2 aromatic heterocycles. The van der Waals surface area contributed by atoms with Gasteiger partial charge in [-0.2, -0.15) is 0 Å². The second-order valence-corrected chi connectivity index (χ2v) is 6.49. The number of aromatic nitrogens is 4. The van der Waals surface area contributed by atoms with Crippen molar-refractivity contribution in [2.24, 2.45) is 0 Å². The van der Waals surface area contributed by atoms with E-state index < -0.39 is 0 Å². The molecule has 8 nitrogen and oxygen atoms in total. The van der Waals surface area contributed by atoms with Crippen LogP contribution in [-0.4, -0.2) is 45.0 Å². The van der Waals surface area contributed by atoms with Crippen LogP contribution in [0.15, 0.2) is 24.7 Å². The van der Waals surface area contributed by atoms with E-state index in [-0.39, 0.29) is 23.8 Å². The third-order valence-corrected chi connectivity index (χ3v) is 4.29. The maximum atomic E-state index is 12.5. The number of nitrogen functional groups attached to an aromatic ring is 1. The third-order valence-electron chi connectivity index (χ3n) is 4.29. The molecule has 8 heteroatoms. The first-order valence-electron chi connectivity index (χ1n) is 8.49. The van der Waals surface area contributed by atoms with E-state index in [9.17, 15) is 4.79 Å². The first-order chi connectivity index (χ1) is 12.0. The van der Waals surface area contributed by atoms with E-state index >= 15 is 0 Å². The number of nitrogens with two attached hydrogens (primary N) is 1. The van der Waals surface area contributed by atoms with E-state index in [1.165, 1.54) is 0 Å². The van der Waals surface area contributed by atoms with E-state index in [1.54, 1.807) is 24.7 Å². The van der Waals surface area contributed by atoms with Gasteiger partial charge in [-0.15, -0.1) is 0 Å². The van der Waals surface area contributed by atoms with Gasteiger partial charge in [0, 0.05) is 37.2 Å². The highest BCUT2D eigenvalue weighted by molar-refractivity contribution is 5.92. The van der Waals surface area contributed by atoms with Crippen molar-refractivity contribution in [1.82, 2.24) is 25.3 Å². The molecule has 0 aliphatic carbocycles. The Kier molecular flexibility index (Phi) is 5.06. The van der Waals surface area contributed by atoms with Gasteiger partial charge < -0.3 is 16.0 Å². The maximum absolute atomic E-state index is 12.5. The molecule has 0 aromatic carbocycles. The number of carbonyl (C=O) groups is 1. The predicted octanol–water partition coefficient (Wildman–Crippen LogP) is 1.37. The van der Waals surface area contributed by atoms with Crippen molar-refractivity contribution in [3.05, 3.63) is 36.0 Å². The first kappa shape index (κ1) is 17.1. The topological polar surface area (TPSA) is 110 Å². The van der Waals surface area contributed by atoms with Crippen LogP contribution < -0.4 is 16.0 Å².